The van der Waals surface area contributed by atoms with Gasteiger partial charge in [0, 0.05) is 5.56 Å². The van der Waals surface area contributed by atoms with Crippen molar-refractivity contribution in [3.63, 3.8) is 0 Å². The van der Waals surface area contributed by atoms with E-state index in [1.165, 1.54) is 6.21 Å². The summed E-state index contributed by atoms with van der Waals surface area (Å²) in [6, 6.07) is 13.9. The lowest BCUT2D eigenvalue weighted by atomic mass is 10.1. The molecule has 0 saturated heterocycles. The van der Waals surface area contributed by atoms with E-state index in [1.807, 2.05) is 19.1 Å². The van der Waals surface area contributed by atoms with Crippen molar-refractivity contribution in [2.24, 2.45) is 5.10 Å². The van der Waals surface area contributed by atoms with Crippen LogP contribution in [0.5, 0.6) is 5.75 Å². The van der Waals surface area contributed by atoms with Gasteiger partial charge in [-0.2, -0.15) is 5.10 Å². The summed E-state index contributed by atoms with van der Waals surface area (Å²) in [6.45, 7) is 1.47. The van der Waals surface area contributed by atoms with Crippen LogP contribution in [0.15, 0.2) is 53.6 Å². The molecule has 0 atom stereocenters. The van der Waals surface area contributed by atoms with Crippen molar-refractivity contribution in [2.75, 3.05) is 6.61 Å². The average Bonchev–Trinajstić information content (AvgIpc) is 2.54. The van der Waals surface area contributed by atoms with Gasteiger partial charge in [0.05, 0.1) is 6.21 Å². The third-order valence-corrected chi connectivity index (χ3v) is 3.01. The fourth-order valence-electron chi connectivity index (χ4n) is 1.85. The number of nitrogens with one attached hydrogen (secondary N) is 1. The first-order chi connectivity index (χ1) is 11.1. The number of ether oxygens (including phenoxy) is 1. The number of hydrogen-bond acceptors (Lipinski definition) is 4. The summed E-state index contributed by atoms with van der Waals surface area (Å²) in [7, 11) is 0. The van der Waals surface area contributed by atoms with Gasteiger partial charge in [0.15, 0.2) is 6.61 Å². The second-order valence-corrected chi connectivity index (χ2v) is 4.77. The Morgan fingerprint density at radius 2 is 1.87 bits per heavy atom. The van der Waals surface area contributed by atoms with Crippen molar-refractivity contribution < 1.29 is 19.4 Å². The third-order valence-electron chi connectivity index (χ3n) is 3.01. The maximum Gasteiger partial charge on any atom is 0.341 e. The molecule has 0 unspecified atom stereocenters. The van der Waals surface area contributed by atoms with Crippen LogP contribution in [0.1, 0.15) is 21.5 Å². The number of amides is 1. The molecule has 1 amide bonds. The minimum absolute atomic E-state index is 0.277. The molecule has 2 aromatic carbocycles. The summed E-state index contributed by atoms with van der Waals surface area (Å²) in [6.07, 6.45) is 1.50. The molecule has 0 saturated carbocycles. The molecular weight excluding hydrogens is 296 g/mol. The van der Waals surface area contributed by atoms with Crippen molar-refractivity contribution >= 4 is 18.1 Å². The number of carboxylic acids is 1. The monoisotopic (exact) mass is 312 g/mol. The van der Waals surface area contributed by atoms with Crippen molar-refractivity contribution in [3.05, 3.63) is 65.2 Å². The predicted octanol–water partition coefficient (Wildman–Crippen LogP) is 2.22. The number of carbonyl (C=O) groups excluding carboxylic acids is 1. The Labute approximate surface area is 133 Å². The van der Waals surface area contributed by atoms with Gasteiger partial charge < -0.3 is 9.84 Å². The number of carbonyl (C=O) groups is 2. The standard InChI is InChI=1S/C17H16N2O4/c1-12-4-2-3-5-15(12)17(22)19-18-10-13-6-8-14(9-7-13)23-11-16(20)21/h2-10H,11H2,1H3,(H,19,22)(H,20,21)/b18-10-. The Bertz CT molecular complexity index is 724. The highest BCUT2D eigenvalue weighted by atomic mass is 16.5. The van der Waals surface area contributed by atoms with E-state index >= 15 is 0 Å². The highest BCUT2D eigenvalue weighted by molar-refractivity contribution is 5.96. The first-order valence-corrected chi connectivity index (χ1v) is 6.90. The fourth-order valence-corrected chi connectivity index (χ4v) is 1.85. The molecule has 2 rings (SSSR count). The summed E-state index contributed by atoms with van der Waals surface area (Å²) in [5.41, 5.74) is 4.66. The van der Waals surface area contributed by atoms with Crippen LogP contribution in [-0.4, -0.2) is 29.8 Å². The zero-order chi connectivity index (χ0) is 16.7. The summed E-state index contributed by atoms with van der Waals surface area (Å²) in [5, 5.41) is 12.4. The Kier molecular flexibility index (Phi) is 5.46. The molecule has 0 heterocycles. The van der Waals surface area contributed by atoms with Crippen molar-refractivity contribution in [3.8, 4) is 5.75 Å². The smallest absolute Gasteiger partial charge is 0.341 e. The van der Waals surface area contributed by atoms with Gasteiger partial charge in [-0.1, -0.05) is 18.2 Å². The van der Waals surface area contributed by atoms with Crippen molar-refractivity contribution in [1.82, 2.24) is 5.43 Å². The number of nitrogens with zero attached hydrogens (tertiary/aromatic N) is 1. The van der Waals surface area contributed by atoms with Gasteiger partial charge >= 0.3 is 5.97 Å². The summed E-state index contributed by atoms with van der Waals surface area (Å²) < 4.78 is 5.02. The Hall–Kier alpha value is -3.15. The number of aliphatic carboxylic acids is 1. The Morgan fingerprint density at radius 3 is 2.52 bits per heavy atom. The molecule has 0 aliphatic carbocycles. The molecule has 2 N–H and O–H groups in total. The van der Waals surface area contributed by atoms with E-state index in [4.69, 9.17) is 9.84 Å². The number of carboxylic acid groups (broad SMARTS) is 1. The van der Waals surface area contributed by atoms with Crippen LogP contribution in [0.4, 0.5) is 0 Å². The quantitative estimate of drug-likeness (QED) is 0.632. The first-order valence-electron chi connectivity index (χ1n) is 6.90. The van der Waals surface area contributed by atoms with E-state index in [2.05, 4.69) is 10.5 Å². The molecule has 0 bridgehead atoms. The van der Waals surface area contributed by atoms with Crippen molar-refractivity contribution in [2.45, 2.75) is 6.92 Å². The molecule has 23 heavy (non-hydrogen) atoms. The summed E-state index contributed by atoms with van der Waals surface area (Å²) in [5.74, 6) is -0.858. The lowest BCUT2D eigenvalue weighted by molar-refractivity contribution is -0.139. The van der Waals surface area contributed by atoms with Gasteiger partial charge in [-0.05, 0) is 48.4 Å². The number of rotatable bonds is 6. The van der Waals surface area contributed by atoms with Crippen LogP contribution in [0.3, 0.4) is 0 Å². The Morgan fingerprint density at radius 1 is 1.17 bits per heavy atom. The van der Waals surface area contributed by atoms with Crippen LogP contribution >= 0.6 is 0 Å². The van der Waals surface area contributed by atoms with Gasteiger partial charge in [-0.15, -0.1) is 0 Å². The molecule has 0 fully saturated rings. The minimum atomic E-state index is -1.03. The van der Waals surface area contributed by atoms with Gasteiger partial charge in [0.1, 0.15) is 5.75 Å². The molecule has 0 aliphatic heterocycles. The van der Waals surface area contributed by atoms with E-state index in [9.17, 15) is 9.59 Å². The topological polar surface area (TPSA) is 88.0 Å². The van der Waals surface area contributed by atoms with Crippen LogP contribution in [0.25, 0.3) is 0 Å². The minimum Gasteiger partial charge on any atom is -0.482 e. The second-order valence-electron chi connectivity index (χ2n) is 4.77. The summed E-state index contributed by atoms with van der Waals surface area (Å²) >= 11 is 0. The maximum atomic E-state index is 12.0. The van der Waals surface area contributed by atoms with Crippen LogP contribution < -0.4 is 10.2 Å². The molecule has 0 radical (unpaired) electrons. The van der Waals surface area contributed by atoms with Gasteiger partial charge in [-0.25, -0.2) is 10.2 Å². The van der Waals surface area contributed by atoms with E-state index in [0.717, 1.165) is 11.1 Å². The van der Waals surface area contributed by atoms with Crippen LogP contribution in [-0.2, 0) is 4.79 Å². The number of aryl methyl sites for hydroxylation is 1. The van der Waals surface area contributed by atoms with E-state index in [0.29, 0.717) is 11.3 Å². The van der Waals surface area contributed by atoms with Gasteiger partial charge in [-0.3, -0.25) is 4.79 Å². The summed E-state index contributed by atoms with van der Waals surface area (Å²) in [4.78, 5) is 22.4. The Balaban J connectivity index is 1.92. The maximum absolute atomic E-state index is 12.0. The lowest BCUT2D eigenvalue weighted by Crippen LogP contribution is -2.18. The second kappa shape index (κ2) is 7.74. The normalized spacial score (nSPS) is 10.5. The van der Waals surface area contributed by atoms with Crippen LogP contribution in [0.2, 0.25) is 0 Å². The molecular formula is C17H16N2O4. The predicted molar refractivity (Wildman–Crippen MR) is 85.8 cm³/mol. The number of hydrogen-bond donors (Lipinski definition) is 2. The largest absolute Gasteiger partial charge is 0.482 e. The van der Waals surface area contributed by atoms with Crippen molar-refractivity contribution in [1.29, 1.82) is 0 Å². The molecule has 6 heteroatoms. The number of benzene rings is 2. The molecule has 2 aromatic rings. The van der Waals surface area contributed by atoms with Gasteiger partial charge in [0.2, 0.25) is 0 Å². The molecule has 6 nitrogen and oxygen atoms in total. The van der Waals surface area contributed by atoms with Gasteiger partial charge in [0.25, 0.3) is 5.91 Å². The van der Waals surface area contributed by atoms with Crippen LogP contribution in [0, 0.1) is 6.92 Å². The molecule has 0 aliphatic rings. The van der Waals surface area contributed by atoms with E-state index in [1.54, 1.807) is 36.4 Å². The highest BCUT2D eigenvalue weighted by Gasteiger charge is 2.06. The average molecular weight is 312 g/mol. The van der Waals surface area contributed by atoms with E-state index in [-0.39, 0.29) is 12.5 Å². The zero-order valence-electron chi connectivity index (χ0n) is 12.5. The fraction of sp³-hybridized carbons (Fsp3) is 0.118. The molecule has 118 valence electrons. The SMILES string of the molecule is Cc1ccccc1C(=O)N/N=C\c1ccc(OCC(=O)O)cc1. The molecule has 0 spiro atoms. The third kappa shape index (κ3) is 4.96. The highest BCUT2D eigenvalue weighted by Crippen LogP contribution is 2.11. The zero-order valence-corrected chi connectivity index (χ0v) is 12.5. The first kappa shape index (κ1) is 16.2. The lowest BCUT2D eigenvalue weighted by Gasteiger charge is -2.04. The molecule has 0 aromatic heterocycles. The number of hydrazone groups is 1. The van der Waals surface area contributed by atoms with E-state index < -0.39 is 5.97 Å².